The molecular formula is C13H17NO4. The molecule has 1 amide bonds. The lowest BCUT2D eigenvalue weighted by Crippen LogP contribution is -2.35. The zero-order chi connectivity index (χ0) is 13.0. The predicted molar refractivity (Wildman–Crippen MR) is 64.4 cm³/mol. The van der Waals surface area contributed by atoms with Gasteiger partial charge < -0.3 is 14.8 Å². The normalized spacial score (nSPS) is 16.4. The highest BCUT2D eigenvalue weighted by atomic mass is 16.4. The van der Waals surface area contributed by atoms with E-state index < -0.39 is 5.97 Å². The monoisotopic (exact) mass is 251 g/mol. The maximum Gasteiger partial charge on any atom is 0.311 e. The third-order valence-corrected chi connectivity index (χ3v) is 3.15. The number of hydrogen-bond acceptors (Lipinski definition) is 3. The lowest BCUT2D eigenvalue weighted by molar-refractivity contribution is -0.136. The number of nitrogens with one attached hydrogen (secondary N) is 1. The second kappa shape index (κ2) is 5.71. The summed E-state index contributed by atoms with van der Waals surface area (Å²) in [6, 6.07) is 3.28. The van der Waals surface area contributed by atoms with Crippen LogP contribution in [-0.4, -0.2) is 23.0 Å². The van der Waals surface area contributed by atoms with E-state index in [1.54, 1.807) is 0 Å². The van der Waals surface area contributed by atoms with Crippen molar-refractivity contribution in [2.24, 2.45) is 0 Å². The number of carbonyl (C=O) groups is 2. The van der Waals surface area contributed by atoms with Gasteiger partial charge in [0.15, 0.2) is 5.76 Å². The van der Waals surface area contributed by atoms with Gasteiger partial charge >= 0.3 is 5.97 Å². The third-order valence-electron chi connectivity index (χ3n) is 3.15. The van der Waals surface area contributed by atoms with Crippen LogP contribution in [-0.2, 0) is 11.2 Å². The molecule has 0 atom stereocenters. The Bertz CT molecular complexity index is 432. The number of carboxylic acid groups (broad SMARTS) is 1. The zero-order valence-electron chi connectivity index (χ0n) is 10.1. The lowest BCUT2D eigenvalue weighted by atomic mass is 9.95. The van der Waals surface area contributed by atoms with E-state index in [0.29, 0.717) is 5.76 Å². The van der Waals surface area contributed by atoms with Crippen molar-refractivity contribution in [3.05, 3.63) is 23.7 Å². The molecule has 5 nitrogen and oxygen atoms in total. The summed E-state index contributed by atoms with van der Waals surface area (Å²) in [5.41, 5.74) is 0. The number of rotatable bonds is 4. The average molecular weight is 251 g/mol. The van der Waals surface area contributed by atoms with Gasteiger partial charge in [-0.05, 0) is 25.0 Å². The SMILES string of the molecule is O=C(O)Cc1ccc(C(=O)NC2CCCCC2)o1. The molecule has 1 aliphatic rings. The van der Waals surface area contributed by atoms with E-state index in [1.165, 1.54) is 18.6 Å². The highest BCUT2D eigenvalue weighted by Crippen LogP contribution is 2.18. The Hall–Kier alpha value is -1.78. The van der Waals surface area contributed by atoms with Crippen LogP contribution in [0.15, 0.2) is 16.5 Å². The van der Waals surface area contributed by atoms with Crippen LogP contribution in [0.25, 0.3) is 0 Å². The van der Waals surface area contributed by atoms with E-state index in [2.05, 4.69) is 5.32 Å². The molecule has 1 aliphatic carbocycles. The van der Waals surface area contributed by atoms with Crippen molar-refractivity contribution in [2.75, 3.05) is 0 Å². The summed E-state index contributed by atoms with van der Waals surface area (Å²) in [5, 5.41) is 11.5. The van der Waals surface area contributed by atoms with Crippen molar-refractivity contribution in [2.45, 2.75) is 44.6 Å². The molecular weight excluding hydrogens is 234 g/mol. The van der Waals surface area contributed by atoms with Gasteiger partial charge in [-0.2, -0.15) is 0 Å². The van der Waals surface area contributed by atoms with Crippen molar-refractivity contribution >= 4 is 11.9 Å². The molecule has 2 N–H and O–H groups in total. The largest absolute Gasteiger partial charge is 0.481 e. The molecule has 1 fully saturated rings. The third kappa shape index (κ3) is 3.35. The van der Waals surface area contributed by atoms with Crippen LogP contribution >= 0.6 is 0 Å². The quantitative estimate of drug-likeness (QED) is 0.857. The first-order chi connectivity index (χ1) is 8.65. The summed E-state index contributed by atoms with van der Waals surface area (Å²) in [4.78, 5) is 22.4. The molecule has 0 aliphatic heterocycles. The minimum Gasteiger partial charge on any atom is -0.481 e. The molecule has 0 aromatic carbocycles. The number of carboxylic acids is 1. The molecule has 2 rings (SSSR count). The van der Waals surface area contributed by atoms with Gasteiger partial charge in [-0.25, -0.2) is 0 Å². The molecule has 0 saturated heterocycles. The van der Waals surface area contributed by atoms with E-state index in [0.717, 1.165) is 25.7 Å². The van der Waals surface area contributed by atoms with Crippen LogP contribution in [0.2, 0.25) is 0 Å². The highest BCUT2D eigenvalue weighted by molar-refractivity contribution is 5.91. The fraction of sp³-hybridized carbons (Fsp3) is 0.538. The van der Waals surface area contributed by atoms with Gasteiger partial charge in [0.2, 0.25) is 0 Å². The summed E-state index contributed by atoms with van der Waals surface area (Å²) in [5.74, 6) is -0.727. The highest BCUT2D eigenvalue weighted by Gasteiger charge is 2.19. The van der Waals surface area contributed by atoms with Crippen molar-refractivity contribution in [1.82, 2.24) is 5.32 Å². The van der Waals surface area contributed by atoms with Gasteiger partial charge in [-0.3, -0.25) is 9.59 Å². The van der Waals surface area contributed by atoms with Gasteiger partial charge in [0.1, 0.15) is 12.2 Å². The van der Waals surface area contributed by atoms with E-state index >= 15 is 0 Å². The first kappa shape index (κ1) is 12.7. The van der Waals surface area contributed by atoms with Gasteiger partial charge in [0.25, 0.3) is 5.91 Å². The van der Waals surface area contributed by atoms with Crippen LogP contribution in [0.5, 0.6) is 0 Å². The Morgan fingerprint density at radius 3 is 2.67 bits per heavy atom. The number of carbonyl (C=O) groups excluding carboxylic acids is 1. The second-order valence-corrected chi connectivity index (χ2v) is 4.64. The summed E-state index contributed by atoms with van der Waals surface area (Å²) in [6.07, 6.45) is 5.34. The number of hydrogen-bond donors (Lipinski definition) is 2. The van der Waals surface area contributed by atoms with Crippen LogP contribution in [0, 0.1) is 0 Å². The zero-order valence-corrected chi connectivity index (χ0v) is 10.1. The molecule has 0 unspecified atom stereocenters. The summed E-state index contributed by atoms with van der Waals surface area (Å²) in [6.45, 7) is 0. The van der Waals surface area contributed by atoms with E-state index in [9.17, 15) is 9.59 Å². The number of aliphatic carboxylic acids is 1. The minimum atomic E-state index is -0.969. The van der Waals surface area contributed by atoms with Crippen LogP contribution in [0.4, 0.5) is 0 Å². The van der Waals surface area contributed by atoms with Crippen molar-refractivity contribution in [3.8, 4) is 0 Å². The molecule has 98 valence electrons. The molecule has 1 saturated carbocycles. The molecule has 5 heteroatoms. The summed E-state index contributed by atoms with van der Waals surface area (Å²) in [7, 11) is 0. The maximum absolute atomic E-state index is 11.9. The van der Waals surface area contributed by atoms with Gasteiger partial charge in [0, 0.05) is 6.04 Å². The van der Waals surface area contributed by atoms with Crippen LogP contribution in [0.3, 0.4) is 0 Å². The Kier molecular flexibility index (Phi) is 4.02. The fourth-order valence-corrected chi connectivity index (χ4v) is 2.25. The lowest BCUT2D eigenvalue weighted by Gasteiger charge is -2.22. The summed E-state index contributed by atoms with van der Waals surface area (Å²) >= 11 is 0. The van der Waals surface area contributed by atoms with Crippen molar-refractivity contribution in [1.29, 1.82) is 0 Å². The topological polar surface area (TPSA) is 79.5 Å². The van der Waals surface area contributed by atoms with E-state index in [-0.39, 0.29) is 24.1 Å². The van der Waals surface area contributed by atoms with Crippen LogP contribution < -0.4 is 5.32 Å². The maximum atomic E-state index is 11.9. The van der Waals surface area contributed by atoms with E-state index in [1.807, 2.05) is 0 Å². The molecule has 1 aromatic rings. The standard InChI is InChI=1S/C13H17NO4/c15-12(16)8-10-6-7-11(18-10)13(17)14-9-4-2-1-3-5-9/h6-7,9H,1-5,8H2,(H,14,17)(H,15,16). The average Bonchev–Trinajstić information content (AvgIpc) is 2.78. The van der Waals surface area contributed by atoms with Gasteiger partial charge in [0.05, 0.1) is 0 Å². The summed E-state index contributed by atoms with van der Waals surface area (Å²) < 4.78 is 5.20. The van der Waals surface area contributed by atoms with E-state index in [4.69, 9.17) is 9.52 Å². The molecule has 1 aromatic heterocycles. The fourth-order valence-electron chi connectivity index (χ4n) is 2.25. The van der Waals surface area contributed by atoms with Crippen molar-refractivity contribution < 1.29 is 19.1 Å². The van der Waals surface area contributed by atoms with Gasteiger partial charge in [-0.15, -0.1) is 0 Å². The molecule has 0 bridgehead atoms. The predicted octanol–water partition coefficient (Wildman–Crippen LogP) is 1.97. The Labute approximate surface area is 105 Å². The van der Waals surface area contributed by atoms with Crippen LogP contribution in [0.1, 0.15) is 48.4 Å². The van der Waals surface area contributed by atoms with Gasteiger partial charge in [-0.1, -0.05) is 19.3 Å². The smallest absolute Gasteiger partial charge is 0.311 e. The Morgan fingerprint density at radius 2 is 2.00 bits per heavy atom. The first-order valence-electron chi connectivity index (χ1n) is 6.26. The molecule has 0 radical (unpaired) electrons. The minimum absolute atomic E-state index is 0.192. The number of furan rings is 1. The van der Waals surface area contributed by atoms with Crippen molar-refractivity contribution in [3.63, 3.8) is 0 Å². The molecule has 18 heavy (non-hydrogen) atoms. The molecule has 1 heterocycles. The Morgan fingerprint density at radius 1 is 1.28 bits per heavy atom. The molecule has 0 spiro atoms. The number of amides is 1. The first-order valence-corrected chi connectivity index (χ1v) is 6.26. The Balaban J connectivity index is 1.91. The second-order valence-electron chi connectivity index (χ2n) is 4.64.